The molecule has 126 valence electrons. The lowest BCUT2D eigenvalue weighted by molar-refractivity contribution is 0.0993. The van der Waals surface area contributed by atoms with Crippen molar-refractivity contribution in [2.24, 2.45) is 0 Å². The molecule has 0 saturated carbocycles. The van der Waals surface area contributed by atoms with Crippen molar-refractivity contribution in [2.45, 2.75) is 6.61 Å². The number of hydrogen-bond acceptors (Lipinski definition) is 5. The summed E-state index contributed by atoms with van der Waals surface area (Å²) in [7, 11) is 1.68. The predicted molar refractivity (Wildman–Crippen MR) is 96.4 cm³/mol. The van der Waals surface area contributed by atoms with Crippen LogP contribution in [0.5, 0.6) is 5.75 Å². The maximum atomic E-state index is 12.5. The maximum Gasteiger partial charge on any atom is 0.263 e. The number of ether oxygens (including phenoxy) is 1. The Kier molecular flexibility index (Phi) is 4.89. The maximum absolute atomic E-state index is 12.5. The number of aromatic nitrogens is 2. The lowest BCUT2D eigenvalue weighted by Crippen LogP contribution is -2.27. The van der Waals surface area contributed by atoms with E-state index in [1.807, 2.05) is 54.6 Å². The average molecular weight is 334 g/mol. The fourth-order valence-corrected chi connectivity index (χ4v) is 2.31. The van der Waals surface area contributed by atoms with Gasteiger partial charge in [0.2, 0.25) is 0 Å². The van der Waals surface area contributed by atoms with Crippen LogP contribution in [0.25, 0.3) is 0 Å². The lowest BCUT2D eigenvalue weighted by Gasteiger charge is -2.18. The van der Waals surface area contributed by atoms with Gasteiger partial charge in [0.25, 0.3) is 5.91 Å². The number of anilines is 2. The van der Waals surface area contributed by atoms with Gasteiger partial charge >= 0.3 is 0 Å². The summed E-state index contributed by atoms with van der Waals surface area (Å²) >= 11 is 0. The van der Waals surface area contributed by atoms with E-state index in [1.54, 1.807) is 7.05 Å². The lowest BCUT2D eigenvalue weighted by atomic mass is 10.2. The van der Waals surface area contributed by atoms with E-state index in [4.69, 9.17) is 10.5 Å². The largest absolute Gasteiger partial charge is 0.489 e. The molecule has 2 N–H and O–H groups in total. The first-order chi connectivity index (χ1) is 12.1. The first kappa shape index (κ1) is 16.4. The minimum Gasteiger partial charge on any atom is -0.489 e. The van der Waals surface area contributed by atoms with Crippen molar-refractivity contribution in [3.63, 3.8) is 0 Å². The Balaban J connectivity index is 1.67. The highest BCUT2D eigenvalue weighted by Gasteiger charge is 2.17. The monoisotopic (exact) mass is 334 g/mol. The third-order valence-corrected chi connectivity index (χ3v) is 3.75. The van der Waals surface area contributed by atoms with Crippen molar-refractivity contribution in [1.82, 2.24) is 9.97 Å². The topological polar surface area (TPSA) is 81.3 Å². The molecule has 0 fully saturated rings. The van der Waals surface area contributed by atoms with Crippen molar-refractivity contribution < 1.29 is 9.53 Å². The zero-order valence-corrected chi connectivity index (χ0v) is 13.8. The van der Waals surface area contributed by atoms with Gasteiger partial charge in [0.15, 0.2) is 0 Å². The predicted octanol–water partition coefficient (Wildman–Crippen LogP) is 2.91. The molecule has 1 aromatic heterocycles. The van der Waals surface area contributed by atoms with Gasteiger partial charge in [-0.1, -0.05) is 30.3 Å². The number of rotatable bonds is 5. The number of benzene rings is 2. The highest BCUT2D eigenvalue weighted by Crippen LogP contribution is 2.21. The molecule has 0 saturated heterocycles. The molecule has 0 bridgehead atoms. The van der Waals surface area contributed by atoms with Crippen LogP contribution in [0.4, 0.5) is 11.5 Å². The molecule has 25 heavy (non-hydrogen) atoms. The second kappa shape index (κ2) is 7.44. The van der Waals surface area contributed by atoms with Crippen LogP contribution in [-0.2, 0) is 6.61 Å². The van der Waals surface area contributed by atoms with Crippen LogP contribution in [0.2, 0.25) is 0 Å². The molecular formula is C19H18N4O2. The molecule has 0 aliphatic carbocycles. The van der Waals surface area contributed by atoms with E-state index in [-0.39, 0.29) is 17.3 Å². The molecule has 1 heterocycles. The van der Waals surface area contributed by atoms with Crippen molar-refractivity contribution in [2.75, 3.05) is 17.7 Å². The Morgan fingerprint density at radius 1 is 1.12 bits per heavy atom. The van der Waals surface area contributed by atoms with E-state index in [9.17, 15) is 4.79 Å². The molecule has 6 heteroatoms. The average Bonchev–Trinajstić information content (AvgIpc) is 2.67. The number of nitrogens with zero attached hydrogens (tertiary/aromatic N) is 3. The van der Waals surface area contributed by atoms with Gasteiger partial charge in [-0.3, -0.25) is 4.79 Å². The van der Waals surface area contributed by atoms with Gasteiger partial charge < -0.3 is 15.4 Å². The van der Waals surface area contributed by atoms with E-state index in [2.05, 4.69) is 9.97 Å². The summed E-state index contributed by atoms with van der Waals surface area (Å²) in [5.41, 5.74) is 7.83. The van der Waals surface area contributed by atoms with E-state index < -0.39 is 0 Å². The van der Waals surface area contributed by atoms with Gasteiger partial charge in [-0.2, -0.15) is 0 Å². The van der Waals surface area contributed by atoms with Crippen molar-refractivity contribution in [3.05, 3.63) is 78.2 Å². The van der Waals surface area contributed by atoms with E-state index >= 15 is 0 Å². The van der Waals surface area contributed by atoms with Crippen molar-refractivity contribution in [3.8, 4) is 5.75 Å². The zero-order valence-electron chi connectivity index (χ0n) is 13.8. The van der Waals surface area contributed by atoms with Crippen LogP contribution < -0.4 is 15.4 Å². The number of nitrogens with two attached hydrogens (primary N) is 1. The van der Waals surface area contributed by atoms with E-state index in [0.29, 0.717) is 6.61 Å². The first-order valence-electron chi connectivity index (χ1n) is 7.75. The molecule has 0 aliphatic heterocycles. The van der Waals surface area contributed by atoms with Crippen LogP contribution in [-0.4, -0.2) is 22.9 Å². The van der Waals surface area contributed by atoms with Gasteiger partial charge in [0.05, 0.1) is 0 Å². The first-order valence-corrected chi connectivity index (χ1v) is 7.75. The molecule has 0 unspecified atom stereocenters. The molecule has 0 aliphatic rings. The molecule has 2 aromatic carbocycles. The molecule has 3 rings (SSSR count). The Bertz CT molecular complexity index is 851. The Hall–Kier alpha value is -3.41. The van der Waals surface area contributed by atoms with Gasteiger partial charge in [-0.15, -0.1) is 0 Å². The minimum absolute atomic E-state index is 0.162. The number of amides is 1. The smallest absolute Gasteiger partial charge is 0.263 e. The fourth-order valence-electron chi connectivity index (χ4n) is 2.31. The van der Waals surface area contributed by atoms with Crippen LogP contribution in [0.15, 0.2) is 67.1 Å². The third kappa shape index (κ3) is 3.92. The molecule has 0 spiro atoms. The summed E-state index contributed by atoms with van der Waals surface area (Å²) in [5.74, 6) is 0.627. The normalized spacial score (nSPS) is 10.3. The number of carbonyl (C=O) groups excluding carboxylic acids is 1. The highest BCUT2D eigenvalue weighted by atomic mass is 16.5. The SMILES string of the molecule is CN(C(=O)c1cncnc1N)c1ccc(OCc2ccccc2)cc1. The second-order valence-corrected chi connectivity index (χ2v) is 5.45. The summed E-state index contributed by atoms with van der Waals surface area (Å²) in [6.45, 7) is 0.493. The zero-order chi connectivity index (χ0) is 17.6. The van der Waals surface area contributed by atoms with Crippen LogP contribution in [0.3, 0.4) is 0 Å². The molecular weight excluding hydrogens is 316 g/mol. The van der Waals surface area contributed by atoms with Gasteiger partial charge in [0, 0.05) is 18.9 Å². The standard InChI is InChI=1S/C19H18N4O2/c1-23(19(24)17-11-21-13-22-18(17)20)15-7-9-16(10-8-15)25-12-14-5-3-2-4-6-14/h2-11,13H,12H2,1H3,(H2,20,21,22). The number of nitrogen functional groups attached to an aromatic ring is 1. The molecule has 0 radical (unpaired) electrons. The van der Waals surface area contributed by atoms with Crippen LogP contribution in [0, 0.1) is 0 Å². The summed E-state index contributed by atoms with van der Waals surface area (Å²) in [6, 6.07) is 17.2. The summed E-state index contributed by atoms with van der Waals surface area (Å²) in [5, 5.41) is 0. The summed E-state index contributed by atoms with van der Waals surface area (Å²) < 4.78 is 5.75. The summed E-state index contributed by atoms with van der Waals surface area (Å²) in [4.78, 5) is 21.7. The molecule has 6 nitrogen and oxygen atoms in total. The van der Waals surface area contributed by atoms with Gasteiger partial charge in [-0.05, 0) is 29.8 Å². The van der Waals surface area contributed by atoms with Gasteiger partial charge in [-0.25, -0.2) is 9.97 Å². The number of carbonyl (C=O) groups is 1. The minimum atomic E-state index is -0.268. The Labute approximate surface area is 145 Å². The molecule has 0 atom stereocenters. The fraction of sp³-hybridized carbons (Fsp3) is 0.105. The Morgan fingerprint density at radius 3 is 2.52 bits per heavy atom. The highest BCUT2D eigenvalue weighted by molar-refractivity contribution is 6.08. The third-order valence-electron chi connectivity index (χ3n) is 3.75. The van der Waals surface area contributed by atoms with Crippen molar-refractivity contribution in [1.29, 1.82) is 0 Å². The van der Waals surface area contributed by atoms with E-state index in [0.717, 1.165) is 17.0 Å². The molecule has 1 amide bonds. The quantitative estimate of drug-likeness (QED) is 0.776. The van der Waals surface area contributed by atoms with Crippen LogP contribution >= 0.6 is 0 Å². The van der Waals surface area contributed by atoms with E-state index in [1.165, 1.54) is 17.4 Å². The van der Waals surface area contributed by atoms with Crippen molar-refractivity contribution >= 4 is 17.4 Å². The van der Waals surface area contributed by atoms with Gasteiger partial charge in [0.1, 0.15) is 30.1 Å². The molecule has 3 aromatic rings. The Morgan fingerprint density at radius 2 is 1.84 bits per heavy atom. The summed E-state index contributed by atoms with van der Waals surface area (Å²) in [6.07, 6.45) is 2.73. The number of hydrogen-bond donors (Lipinski definition) is 1. The second-order valence-electron chi connectivity index (χ2n) is 5.45. The van der Waals surface area contributed by atoms with Crippen LogP contribution in [0.1, 0.15) is 15.9 Å².